The molecular weight excluding hydrogens is 348 g/mol. The summed E-state index contributed by atoms with van der Waals surface area (Å²) in [6, 6.07) is 19.1. The van der Waals surface area contributed by atoms with Gasteiger partial charge in [-0.1, -0.05) is 48.5 Å². The molecular formula is C20H18N2O3S. The Morgan fingerprint density at radius 1 is 0.962 bits per heavy atom. The zero-order valence-electron chi connectivity index (χ0n) is 14.0. The van der Waals surface area contributed by atoms with Crippen molar-refractivity contribution in [2.45, 2.75) is 19.3 Å². The van der Waals surface area contributed by atoms with Crippen LogP contribution in [-0.4, -0.2) is 22.0 Å². The Labute approximate surface area is 155 Å². The number of para-hydroxylation sites is 1. The molecule has 26 heavy (non-hydrogen) atoms. The van der Waals surface area contributed by atoms with Crippen molar-refractivity contribution in [2.75, 3.05) is 4.90 Å². The first-order valence-corrected chi connectivity index (χ1v) is 9.14. The molecule has 1 amide bonds. The Morgan fingerprint density at radius 3 is 2.27 bits per heavy atom. The smallest absolute Gasteiger partial charge is 0.303 e. The second-order valence-corrected chi connectivity index (χ2v) is 6.53. The predicted molar refractivity (Wildman–Crippen MR) is 103 cm³/mol. The maximum Gasteiger partial charge on any atom is 0.303 e. The van der Waals surface area contributed by atoms with Gasteiger partial charge >= 0.3 is 5.97 Å². The van der Waals surface area contributed by atoms with Crippen LogP contribution in [0.5, 0.6) is 0 Å². The first-order valence-electron chi connectivity index (χ1n) is 8.26. The standard InChI is InChI=1S/C20H18N2O3S/c23-18(12-7-13-19(24)25)22(16-10-5-2-6-11-16)20-21-17(14-26-20)15-8-3-1-4-9-15/h1-6,8-11,14H,7,12-13H2,(H,24,25). The monoisotopic (exact) mass is 366 g/mol. The Kier molecular flexibility index (Phi) is 5.76. The lowest BCUT2D eigenvalue weighted by molar-refractivity contribution is -0.137. The van der Waals surface area contributed by atoms with Crippen molar-refractivity contribution in [2.24, 2.45) is 0 Å². The van der Waals surface area contributed by atoms with Crippen LogP contribution in [-0.2, 0) is 9.59 Å². The Hall–Kier alpha value is -2.99. The fourth-order valence-corrected chi connectivity index (χ4v) is 3.42. The summed E-state index contributed by atoms with van der Waals surface area (Å²) in [5.41, 5.74) is 2.52. The molecule has 1 aromatic heterocycles. The molecule has 0 saturated heterocycles. The normalized spacial score (nSPS) is 10.5. The van der Waals surface area contributed by atoms with Crippen LogP contribution in [0.1, 0.15) is 19.3 Å². The third kappa shape index (κ3) is 4.34. The molecule has 1 N–H and O–H groups in total. The molecule has 3 aromatic rings. The van der Waals surface area contributed by atoms with Crippen LogP contribution < -0.4 is 4.90 Å². The lowest BCUT2D eigenvalue weighted by Gasteiger charge is -2.20. The number of aliphatic carboxylic acids is 1. The van der Waals surface area contributed by atoms with E-state index in [1.807, 2.05) is 66.0 Å². The van der Waals surface area contributed by atoms with Gasteiger partial charge < -0.3 is 5.11 Å². The highest BCUT2D eigenvalue weighted by atomic mass is 32.1. The molecule has 2 aromatic carbocycles. The van der Waals surface area contributed by atoms with Crippen molar-refractivity contribution in [3.8, 4) is 11.3 Å². The summed E-state index contributed by atoms with van der Waals surface area (Å²) in [7, 11) is 0. The maximum absolute atomic E-state index is 12.8. The predicted octanol–water partition coefficient (Wildman–Crippen LogP) is 4.73. The molecule has 3 rings (SSSR count). The van der Waals surface area contributed by atoms with Gasteiger partial charge in [-0.25, -0.2) is 4.98 Å². The third-order valence-electron chi connectivity index (χ3n) is 3.80. The van der Waals surface area contributed by atoms with Gasteiger partial charge in [-0.2, -0.15) is 0 Å². The van der Waals surface area contributed by atoms with Crippen molar-refractivity contribution in [3.05, 3.63) is 66.0 Å². The van der Waals surface area contributed by atoms with Gasteiger partial charge in [0.05, 0.1) is 11.4 Å². The molecule has 0 fully saturated rings. The number of carboxylic acids is 1. The van der Waals surface area contributed by atoms with E-state index in [9.17, 15) is 9.59 Å². The van der Waals surface area contributed by atoms with Gasteiger partial charge in [0.2, 0.25) is 5.91 Å². The molecule has 0 unspecified atom stereocenters. The first kappa shape index (κ1) is 17.8. The minimum atomic E-state index is -0.898. The van der Waals surface area contributed by atoms with Gasteiger partial charge in [-0.3, -0.25) is 14.5 Å². The minimum Gasteiger partial charge on any atom is -0.481 e. The van der Waals surface area contributed by atoms with Crippen LogP contribution in [0.2, 0.25) is 0 Å². The number of rotatable bonds is 7. The van der Waals surface area contributed by atoms with Gasteiger partial charge in [-0.05, 0) is 18.6 Å². The van der Waals surface area contributed by atoms with E-state index in [0.29, 0.717) is 11.6 Å². The first-order chi connectivity index (χ1) is 12.6. The number of hydrogen-bond donors (Lipinski definition) is 1. The summed E-state index contributed by atoms with van der Waals surface area (Å²) in [5, 5.41) is 11.3. The van der Waals surface area contributed by atoms with Crippen LogP contribution in [0.3, 0.4) is 0 Å². The van der Waals surface area contributed by atoms with Crippen LogP contribution in [0.25, 0.3) is 11.3 Å². The summed E-state index contributed by atoms with van der Waals surface area (Å²) in [6.45, 7) is 0. The van der Waals surface area contributed by atoms with Crippen LogP contribution in [0, 0.1) is 0 Å². The van der Waals surface area contributed by atoms with E-state index in [0.717, 1.165) is 16.9 Å². The second-order valence-electron chi connectivity index (χ2n) is 5.69. The lowest BCUT2D eigenvalue weighted by atomic mass is 10.2. The summed E-state index contributed by atoms with van der Waals surface area (Å²) < 4.78 is 0. The van der Waals surface area contributed by atoms with Gasteiger partial charge in [0.25, 0.3) is 0 Å². The number of anilines is 2. The fraction of sp³-hybridized carbons (Fsp3) is 0.150. The number of amides is 1. The largest absolute Gasteiger partial charge is 0.481 e. The summed E-state index contributed by atoms with van der Waals surface area (Å²) in [4.78, 5) is 29.7. The van der Waals surface area contributed by atoms with E-state index in [4.69, 9.17) is 5.11 Å². The topological polar surface area (TPSA) is 70.5 Å². The number of carbonyl (C=O) groups excluding carboxylic acids is 1. The van der Waals surface area contributed by atoms with Crippen molar-refractivity contribution < 1.29 is 14.7 Å². The molecule has 6 heteroatoms. The van der Waals surface area contributed by atoms with E-state index in [1.54, 1.807) is 4.90 Å². The molecule has 0 saturated carbocycles. The Bertz CT molecular complexity index is 878. The van der Waals surface area contributed by atoms with E-state index in [2.05, 4.69) is 4.98 Å². The maximum atomic E-state index is 12.8. The molecule has 132 valence electrons. The number of nitrogens with zero attached hydrogens (tertiary/aromatic N) is 2. The van der Waals surface area contributed by atoms with Gasteiger partial charge in [0.1, 0.15) is 0 Å². The highest BCUT2D eigenvalue weighted by molar-refractivity contribution is 7.14. The average molecular weight is 366 g/mol. The van der Waals surface area contributed by atoms with Crippen LogP contribution in [0.15, 0.2) is 66.0 Å². The van der Waals surface area contributed by atoms with Crippen molar-refractivity contribution in [1.29, 1.82) is 0 Å². The Morgan fingerprint density at radius 2 is 1.62 bits per heavy atom. The molecule has 0 atom stereocenters. The molecule has 0 radical (unpaired) electrons. The molecule has 5 nitrogen and oxygen atoms in total. The van der Waals surface area contributed by atoms with Crippen molar-refractivity contribution in [3.63, 3.8) is 0 Å². The summed E-state index contributed by atoms with van der Waals surface area (Å²) >= 11 is 1.39. The summed E-state index contributed by atoms with van der Waals surface area (Å²) in [5.74, 6) is -1.06. The molecule has 0 aliphatic heterocycles. The number of aromatic nitrogens is 1. The lowest BCUT2D eigenvalue weighted by Crippen LogP contribution is -2.25. The highest BCUT2D eigenvalue weighted by Crippen LogP contribution is 2.32. The molecule has 0 aliphatic carbocycles. The quantitative estimate of drug-likeness (QED) is 0.656. The van der Waals surface area contributed by atoms with Crippen LogP contribution in [0.4, 0.5) is 10.8 Å². The van der Waals surface area contributed by atoms with Gasteiger partial charge in [0.15, 0.2) is 5.13 Å². The van der Waals surface area contributed by atoms with Gasteiger partial charge in [0, 0.05) is 23.8 Å². The zero-order chi connectivity index (χ0) is 18.4. The van der Waals surface area contributed by atoms with E-state index in [1.165, 1.54) is 11.3 Å². The number of carbonyl (C=O) groups is 2. The SMILES string of the molecule is O=C(O)CCCC(=O)N(c1ccccc1)c1nc(-c2ccccc2)cs1. The van der Waals surface area contributed by atoms with Crippen molar-refractivity contribution >= 4 is 34.0 Å². The van der Waals surface area contributed by atoms with E-state index >= 15 is 0 Å². The van der Waals surface area contributed by atoms with Crippen LogP contribution >= 0.6 is 11.3 Å². The fourth-order valence-electron chi connectivity index (χ4n) is 2.55. The van der Waals surface area contributed by atoms with Crippen molar-refractivity contribution in [1.82, 2.24) is 4.98 Å². The van der Waals surface area contributed by atoms with E-state index in [-0.39, 0.29) is 18.7 Å². The molecule has 0 bridgehead atoms. The average Bonchev–Trinajstić information content (AvgIpc) is 3.13. The number of benzene rings is 2. The highest BCUT2D eigenvalue weighted by Gasteiger charge is 2.21. The van der Waals surface area contributed by atoms with Gasteiger partial charge in [-0.15, -0.1) is 11.3 Å². The molecule has 0 spiro atoms. The number of thiazole rings is 1. The molecule has 0 aliphatic rings. The number of carboxylic acid groups (broad SMARTS) is 1. The second kappa shape index (κ2) is 8.40. The number of hydrogen-bond acceptors (Lipinski definition) is 4. The minimum absolute atomic E-state index is 0.0263. The zero-order valence-corrected chi connectivity index (χ0v) is 14.9. The van der Waals surface area contributed by atoms with E-state index < -0.39 is 5.97 Å². The third-order valence-corrected chi connectivity index (χ3v) is 4.62. The summed E-state index contributed by atoms with van der Waals surface area (Å²) in [6.07, 6.45) is 0.428. The Balaban J connectivity index is 1.88. The molecule has 1 heterocycles.